The fraction of sp³-hybridized carbons (Fsp3) is 0.438. The van der Waals surface area contributed by atoms with Gasteiger partial charge < -0.3 is 14.7 Å². The van der Waals surface area contributed by atoms with Gasteiger partial charge in [-0.1, -0.05) is 12.1 Å². The number of aliphatic hydroxyl groups excluding tert-OH is 1. The molecule has 3 rings (SSSR count). The molecule has 5 nitrogen and oxygen atoms in total. The molecule has 0 saturated heterocycles. The Bertz CT molecular complexity index is 629. The molecule has 0 fully saturated rings. The number of aliphatic hydroxyl groups is 1. The van der Waals surface area contributed by atoms with Crippen molar-refractivity contribution in [3.05, 3.63) is 41.2 Å². The third kappa shape index (κ3) is 2.27. The van der Waals surface area contributed by atoms with Gasteiger partial charge in [0.25, 0.3) is 0 Å². The van der Waals surface area contributed by atoms with Crippen molar-refractivity contribution in [2.75, 3.05) is 25.6 Å². The van der Waals surface area contributed by atoms with E-state index in [1.165, 1.54) is 11.3 Å². The molecule has 0 spiro atoms. The van der Waals surface area contributed by atoms with Gasteiger partial charge in [-0.15, -0.1) is 0 Å². The summed E-state index contributed by atoms with van der Waals surface area (Å²) < 4.78 is 7.11. The van der Waals surface area contributed by atoms with Crippen molar-refractivity contribution in [1.82, 2.24) is 9.78 Å². The molecular weight excluding hydrogens is 266 g/mol. The van der Waals surface area contributed by atoms with Crippen LogP contribution in [0.3, 0.4) is 0 Å². The molecule has 1 N–H and O–H groups in total. The van der Waals surface area contributed by atoms with Crippen LogP contribution >= 0.6 is 0 Å². The lowest BCUT2D eigenvalue weighted by molar-refractivity contribution is 0.202. The zero-order chi connectivity index (χ0) is 15.0. The van der Waals surface area contributed by atoms with E-state index >= 15 is 0 Å². The van der Waals surface area contributed by atoms with Crippen LogP contribution in [-0.2, 0) is 13.0 Å². The summed E-state index contributed by atoms with van der Waals surface area (Å²) in [5.41, 5.74) is 4.14. The van der Waals surface area contributed by atoms with E-state index in [4.69, 9.17) is 4.74 Å². The summed E-state index contributed by atoms with van der Waals surface area (Å²) in [6.45, 7) is 3.73. The number of hydrogen-bond acceptors (Lipinski definition) is 4. The molecule has 1 atom stereocenters. The maximum absolute atomic E-state index is 10.7. The number of ether oxygens (including phenoxy) is 1. The fourth-order valence-corrected chi connectivity index (χ4v) is 2.98. The molecular formula is C16H21N3O2. The monoisotopic (exact) mass is 287 g/mol. The molecule has 0 amide bonds. The molecule has 0 bridgehead atoms. The second-order valence-corrected chi connectivity index (χ2v) is 5.38. The first-order valence-corrected chi connectivity index (χ1v) is 7.27. The number of hydrogen-bond donors (Lipinski definition) is 1. The first-order valence-electron chi connectivity index (χ1n) is 7.27. The van der Waals surface area contributed by atoms with E-state index in [9.17, 15) is 5.11 Å². The predicted molar refractivity (Wildman–Crippen MR) is 81.9 cm³/mol. The lowest BCUT2D eigenvalue weighted by Gasteiger charge is -2.17. The van der Waals surface area contributed by atoms with Crippen molar-refractivity contribution in [3.63, 3.8) is 0 Å². The van der Waals surface area contributed by atoms with Crippen molar-refractivity contribution in [3.8, 4) is 5.75 Å². The molecule has 0 aliphatic carbocycles. The Morgan fingerprint density at radius 2 is 2.24 bits per heavy atom. The topological polar surface area (TPSA) is 50.5 Å². The van der Waals surface area contributed by atoms with Gasteiger partial charge in [-0.05, 0) is 30.5 Å². The van der Waals surface area contributed by atoms with Crippen LogP contribution in [0.4, 0.5) is 5.69 Å². The molecule has 1 aromatic carbocycles. The van der Waals surface area contributed by atoms with Crippen molar-refractivity contribution < 1.29 is 9.84 Å². The average Bonchev–Trinajstić information content (AvgIpc) is 3.09. The normalized spacial score (nSPS) is 15.1. The van der Waals surface area contributed by atoms with Gasteiger partial charge in [0.2, 0.25) is 0 Å². The molecule has 1 aliphatic heterocycles. The molecule has 2 aromatic rings. The maximum Gasteiger partial charge on any atom is 0.163 e. The van der Waals surface area contributed by atoms with E-state index in [0.29, 0.717) is 18.0 Å². The highest BCUT2D eigenvalue weighted by Crippen LogP contribution is 2.34. The Morgan fingerprint density at radius 1 is 1.43 bits per heavy atom. The van der Waals surface area contributed by atoms with Gasteiger partial charge in [0.15, 0.2) is 5.75 Å². The second kappa shape index (κ2) is 5.41. The van der Waals surface area contributed by atoms with Crippen molar-refractivity contribution >= 4 is 5.69 Å². The second-order valence-electron chi connectivity index (χ2n) is 5.38. The quantitative estimate of drug-likeness (QED) is 0.934. The largest absolute Gasteiger partial charge is 0.493 e. The Morgan fingerprint density at radius 3 is 2.95 bits per heavy atom. The number of aromatic nitrogens is 2. The smallest absolute Gasteiger partial charge is 0.163 e. The molecule has 0 radical (unpaired) electrons. The summed E-state index contributed by atoms with van der Waals surface area (Å²) in [4.78, 5) is 2.24. The van der Waals surface area contributed by atoms with E-state index in [1.54, 1.807) is 18.0 Å². The van der Waals surface area contributed by atoms with Crippen LogP contribution in [0.2, 0.25) is 0 Å². The summed E-state index contributed by atoms with van der Waals surface area (Å²) in [7, 11) is 3.70. The van der Waals surface area contributed by atoms with Crippen molar-refractivity contribution in [1.29, 1.82) is 0 Å². The van der Waals surface area contributed by atoms with Crippen LogP contribution in [-0.4, -0.2) is 35.6 Å². The molecule has 5 heteroatoms. The Hall–Kier alpha value is -2.01. The first kappa shape index (κ1) is 13.9. The van der Waals surface area contributed by atoms with E-state index in [-0.39, 0.29) is 0 Å². The van der Waals surface area contributed by atoms with Crippen LogP contribution in [0.5, 0.6) is 5.75 Å². The van der Waals surface area contributed by atoms with Crippen LogP contribution in [0.1, 0.15) is 29.8 Å². The molecule has 2 heterocycles. The van der Waals surface area contributed by atoms with Crippen LogP contribution in [0.25, 0.3) is 0 Å². The zero-order valence-corrected chi connectivity index (χ0v) is 12.7. The molecule has 21 heavy (non-hydrogen) atoms. The number of anilines is 1. The number of fused-ring (bicyclic) bond motifs is 1. The number of likely N-dealkylation sites (N-methyl/N-ethyl adjacent to an activating group) is 1. The van der Waals surface area contributed by atoms with Gasteiger partial charge in [0.05, 0.1) is 13.3 Å². The highest BCUT2D eigenvalue weighted by Gasteiger charge is 2.23. The SMILES string of the molecule is CCn1ncc(OC)c1C(O)c1ccc2c(c1)CCN2C. The van der Waals surface area contributed by atoms with Gasteiger partial charge in [0.1, 0.15) is 11.8 Å². The maximum atomic E-state index is 10.7. The highest BCUT2D eigenvalue weighted by molar-refractivity contribution is 5.59. The summed E-state index contributed by atoms with van der Waals surface area (Å²) in [5.74, 6) is 0.627. The van der Waals surface area contributed by atoms with E-state index < -0.39 is 6.10 Å². The van der Waals surface area contributed by atoms with Crippen molar-refractivity contribution in [2.45, 2.75) is 26.0 Å². The minimum absolute atomic E-state index is 0.627. The fourth-order valence-electron chi connectivity index (χ4n) is 2.98. The minimum Gasteiger partial charge on any atom is -0.493 e. The standard InChI is InChI=1S/C16H21N3O2/c1-4-19-15(14(21-3)10-17-19)16(20)12-5-6-13-11(9-12)7-8-18(13)2/h5-6,9-10,16,20H,4,7-8H2,1-3H3. The Labute approximate surface area is 124 Å². The lowest BCUT2D eigenvalue weighted by Crippen LogP contribution is -2.12. The number of nitrogens with zero attached hydrogens (tertiary/aromatic N) is 3. The molecule has 1 unspecified atom stereocenters. The molecule has 0 saturated carbocycles. The van der Waals surface area contributed by atoms with Gasteiger partial charge >= 0.3 is 0 Å². The summed E-state index contributed by atoms with van der Waals surface area (Å²) in [5, 5.41) is 15.0. The molecule has 112 valence electrons. The predicted octanol–water partition coefficient (Wildman–Crippen LogP) is 1.99. The Balaban J connectivity index is 1.99. The van der Waals surface area contributed by atoms with Crippen LogP contribution < -0.4 is 9.64 Å². The summed E-state index contributed by atoms with van der Waals surface area (Å²) >= 11 is 0. The number of benzene rings is 1. The van der Waals surface area contributed by atoms with Crippen LogP contribution in [0.15, 0.2) is 24.4 Å². The molecule has 1 aliphatic rings. The van der Waals surface area contributed by atoms with Gasteiger partial charge in [0, 0.05) is 25.8 Å². The highest BCUT2D eigenvalue weighted by atomic mass is 16.5. The summed E-state index contributed by atoms with van der Waals surface area (Å²) in [6, 6.07) is 6.16. The average molecular weight is 287 g/mol. The van der Waals surface area contributed by atoms with E-state index in [0.717, 1.165) is 18.5 Å². The number of methoxy groups -OCH3 is 1. The number of aryl methyl sites for hydroxylation is 1. The first-order chi connectivity index (χ1) is 10.2. The minimum atomic E-state index is -0.724. The summed E-state index contributed by atoms with van der Waals surface area (Å²) in [6.07, 6.45) is 1.96. The van der Waals surface area contributed by atoms with E-state index in [2.05, 4.69) is 29.2 Å². The van der Waals surface area contributed by atoms with Gasteiger partial charge in [-0.2, -0.15) is 5.10 Å². The van der Waals surface area contributed by atoms with Gasteiger partial charge in [-0.25, -0.2) is 0 Å². The van der Waals surface area contributed by atoms with Crippen molar-refractivity contribution in [2.24, 2.45) is 0 Å². The molecule has 1 aromatic heterocycles. The number of rotatable bonds is 4. The lowest BCUT2D eigenvalue weighted by atomic mass is 10.0. The van der Waals surface area contributed by atoms with E-state index in [1.807, 2.05) is 13.0 Å². The third-order valence-corrected chi connectivity index (χ3v) is 4.17. The Kier molecular flexibility index (Phi) is 3.59. The van der Waals surface area contributed by atoms with Gasteiger partial charge in [-0.3, -0.25) is 4.68 Å². The third-order valence-electron chi connectivity index (χ3n) is 4.17. The van der Waals surface area contributed by atoms with Crippen LogP contribution in [0, 0.1) is 0 Å². The zero-order valence-electron chi connectivity index (χ0n) is 12.7.